The number of anilines is 1. The van der Waals surface area contributed by atoms with Gasteiger partial charge in [0.2, 0.25) is 5.76 Å². The van der Waals surface area contributed by atoms with E-state index in [1.165, 1.54) is 24.3 Å². The molecule has 0 unspecified atom stereocenters. The largest absolute Gasteiger partial charge is 0.451 e. The number of hydrogen-bond donors (Lipinski definition) is 1. The summed E-state index contributed by atoms with van der Waals surface area (Å²) in [7, 11) is 0. The van der Waals surface area contributed by atoms with Crippen LogP contribution in [0, 0.1) is 0 Å². The minimum Gasteiger partial charge on any atom is -0.451 e. The van der Waals surface area contributed by atoms with Crippen LogP contribution in [0.4, 0.5) is 45.2 Å². The van der Waals surface area contributed by atoms with Gasteiger partial charge in [0, 0.05) is 16.3 Å². The van der Waals surface area contributed by atoms with Crippen LogP contribution in [-0.4, -0.2) is 5.91 Å². The van der Waals surface area contributed by atoms with Crippen LogP contribution >= 0.6 is 11.6 Å². The SMILES string of the molecule is CC.O=C(Nc1cc(C(F)(F)F)cc(C(F)(F)F)c1)c1cc(-c2ccc(Cl)cc2)oc1C(F)(F)F. The molecule has 2 aromatic carbocycles. The molecule has 0 aliphatic carbocycles. The minimum atomic E-state index is -5.21. The van der Waals surface area contributed by atoms with Crippen LogP contribution < -0.4 is 5.32 Å². The Bertz CT molecular complexity index is 1150. The Morgan fingerprint density at radius 3 is 1.69 bits per heavy atom. The molecule has 1 amide bonds. The van der Waals surface area contributed by atoms with E-state index in [1.54, 1.807) is 5.32 Å². The highest BCUT2D eigenvalue weighted by Crippen LogP contribution is 2.40. The molecule has 0 radical (unpaired) electrons. The summed E-state index contributed by atoms with van der Waals surface area (Å²) < 4.78 is 123. The second-order valence-corrected chi connectivity index (χ2v) is 7.04. The molecule has 1 aromatic heterocycles. The third kappa shape index (κ3) is 6.93. The number of amides is 1. The topological polar surface area (TPSA) is 42.2 Å². The van der Waals surface area contributed by atoms with Crippen LogP contribution in [0.2, 0.25) is 5.02 Å². The summed E-state index contributed by atoms with van der Waals surface area (Å²) in [5, 5.41) is 1.90. The molecule has 0 aliphatic rings. The van der Waals surface area contributed by atoms with Crippen molar-refractivity contribution in [2.75, 3.05) is 5.32 Å². The number of rotatable bonds is 3. The fraction of sp³-hybridized carbons (Fsp3) is 0.227. The van der Waals surface area contributed by atoms with Crippen molar-refractivity contribution in [3.05, 3.63) is 76.0 Å². The lowest BCUT2D eigenvalue weighted by atomic mass is 10.1. The monoisotopic (exact) mass is 531 g/mol. The zero-order valence-corrected chi connectivity index (χ0v) is 18.5. The van der Waals surface area contributed by atoms with Gasteiger partial charge in [-0.1, -0.05) is 25.4 Å². The first-order chi connectivity index (χ1) is 16.1. The van der Waals surface area contributed by atoms with Gasteiger partial charge in [-0.3, -0.25) is 4.79 Å². The van der Waals surface area contributed by atoms with Crippen molar-refractivity contribution in [1.82, 2.24) is 0 Å². The molecule has 0 atom stereocenters. The molecule has 1 heterocycles. The maximum atomic E-state index is 13.4. The Balaban J connectivity index is 0.00000210. The molecule has 0 saturated carbocycles. The summed E-state index contributed by atoms with van der Waals surface area (Å²) in [4.78, 5) is 12.4. The molecule has 0 spiro atoms. The van der Waals surface area contributed by atoms with Crippen molar-refractivity contribution in [2.24, 2.45) is 0 Å². The average Bonchev–Trinajstić information content (AvgIpc) is 3.20. The maximum Gasteiger partial charge on any atom is 0.450 e. The van der Waals surface area contributed by atoms with E-state index in [1.807, 2.05) is 13.8 Å². The summed E-state index contributed by atoms with van der Waals surface area (Å²) in [5.74, 6) is -3.84. The number of carbonyl (C=O) groups excluding carboxylic acids is 1. The first-order valence-electron chi connectivity index (χ1n) is 9.63. The Morgan fingerprint density at radius 2 is 1.26 bits per heavy atom. The first kappa shape index (κ1) is 28.1. The number of alkyl halides is 9. The Labute approximate surface area is 197 Å². The highest BCUT2D eigenvalue weighted by Gasteiger charge is 2.41. The van der Waals surface area contributed by atoms with Gasteiger partial charge in [0.15, 0.2) is 0 Å². The third-order valence-electron chi connectivity index (χ3n) is 4.21. The minimum absolute atomic E-state index is 0.0855. The van der Waals surface area contributed by atoms with E-state index in [9.17, 15) is 44.3 Å². The third-order valence-corrected chi connectivity index (χ3v) is 4.46. The number of hydrogen-bond acceptors (Lipinski definition) is 2. The van der Waals surface area contributed by atoms with E-state index >= 15 is 0 Å². The second-order valence-electron chi connectivity index (χ2n) is 6.61. The number of benzene rings is 2. The predicted molar refractivity (Wildman–Crippen MR) is 110 cm³/mol. The number of nitrogens with one attached hydrogen (secondary N) is 1. The smallest absolute Gasteiger partial charge is 0.450 e. The summed E-state index contributed by atoms with van der Waals surface area (Å²) in [5.41, 5.74) is -5.57. The van der Waals surface area contributed by atoms with Crippen LogP contribution in [0.1, 0.15) is 41.1 Å². The van der Waals surface area contributed by atoms with E-state index in [0.29, 0.717) is 6.07 Å². The Morgan fingerprint density at radius 1 is 0.771 bits per heavy atom. The lowest BCUT2D eigenvalue weighted by molar-refractivity contribution is -0.153. The zero-order valence-electron chi connectivity index (χ0n) is 17.7. The fourth-order valence-electron chi connectivity index (χ4n) is 2.75. The second kappa shape index (κ2) is 10.2. The molecule has 0 fully saturated rings. The van der Waals surface area contributed by atoms with Crippen molar-refractivity contribution < 1.29 is 48.7 Å². The van der Waals surface area contributed by atoms with E-state index in [2.05, 4.69) is 0 Å². The molecule has 0 aliphatic heterocycles. The first-order valence-corrected chi connectivity index (χ1v) is 10.0. The van der Waals surface area contributed by atoms with Gasteiger partial charge in [0.25, 0.3) is 5.91 Å². The molecular formula is C22H15ClF9NO2. The molecule has 3 nitrogen and oxygen atoms in total. The molecular weight excluding hydrogens is 517 g/mol. The van der Waals surface area contributed by atoms with E-state index in [4.69, 9.17) is 16.0 Å². The average molecular weight is 532 g/mol. The van der Waals surface area contributed by atoms with E-state index in [-0.39, 0.29) is 28.8 Å². The van der Waals surface area contributed by atoms with Crippen molar-refractivity contribution in [2.45, 2.75) is 32.4 Å². The molecule has 190 valence electrons. The van der Waals surface area contributed by atoms with Gasteiger partial charge >= 0.3 is 18.5 Å². The quantitative estimate of drug-likeness (QED) is 0.343. The van der Waals surface area contributed by atoms with Crippen LogP contribution in [0.15, 0.2) is 52.9 Å². The summed E-state index contributed by atoms with van der Waals surface area (Å²) >= 11 is 5.70. The van der Waals surface area contributed by atoms with Crippen LogP contribution in [-0.2, 0) is 18.5 Å². The van der Waals surface area contributed by atoms with Crippen molar-refractivity contribution >= 4 is 23.2 Å². The predicted octanol–water partition coefficient (Wildman–Crippen LogP) is 8.93. The molecule has 0 saturated heterocycles. The lowest BCUT2D eigenvalue weighted by Crippen LogP contribution is -2.18. The number of carbonyl (C=O) groups is 1. The fourth-order valence-corrected chi connectivity index (χ4v) is 2.88. The molecule has 3 aromatic rings. The Hall–Kier alpha value is -3.15. The number of halogens is 10. The molecule has 3 rings (SSSR count). The Kier molecular flexibility index (Phi) is 8.21. The molecule has 1 N–H and O–H groups in total. The summed E-state index contributed by atoms with van der Waals surface area (Å²) in [6.45, 7) is 4.00. The maximum absolute atomic E-state index is 13.4. The molecule has 0 bridgehead atoms. The van der Waals surface area contributed by atoms with Gasteiger partial charge in [-0.2, -0.15) is 39.5 Å². The van der Waals surface area contributed by atoms with Gasteiger partial charge < -0.3 is 9.73 Å². The lowest BCUT2D eigenvalue weighted by Gasteiger charge is -2.15. The zero-order chi connectivity index (χ0) is 26.8. The summed E-state index contributed by atoms with van der Waals surface area (Å²) in [6, 6.07) is 6.03. The van der Waals surface area contributed by atoms with Gasteiger partial charge in [0.05, 0.1) is 16.7 Å². The van der Waals surface area contributed by atoms with Gasteiger partial charge in [-0.05, 0) is 48.5 Å². The summed E-state index contributed by atoms with van der Waals surface area (Å²) in [6.07, 6.45) is -15.6. The van der Waals surface area contributed by atoms with Gasteiger partial charge in [-0.25, -0.2) is 0 Å². The van der Waals surface area contributed by atoms with Crippen molar-refractivity contribution in [3.8, 4) is 11.3 Å². The van der Waals surface area contributed by atoms with Gasteiger partial charge in [0.1, 0.15) is 5.76 Å². The molecule has 35 heavy (non-hydrogen) atoms. The molecule has 13 heteroatoms. The van der Waals surface area contributed by atoms with E-state index < -0.39 is 58.3 Å². The van der Waals surface area contributed by atoms with Crippen molar-refractivity contribution in [1.29, 1.82) is 0 Å². The number of furan rings is 1. The highest BCUT2D eigenvalue weighted by atomic mass is 35.5. The normalized spacial score (nSPS) is 12.1. The van der Waals surface area contributed by atoms with Crippen LogP contribution in [0.3, 0.4) is 0 Å². The standard InChI is InChI=1S/C20H9ClF9NO2.C2H6/c21-12-3-1-9(2-4-12)15-8-14(16(33-15)20(28,29)30)17(32)31-13-6-10(18(22,23)24)5-11(7-13)19(25,26)27;1-2/h1-8H,(H,31,32);1-2H3. The van der Waals surface area contributed by atoms with Crippen LogP contribution in [0.25, 0.3) is 11.3 Å². The van der Waals surface area contributed by atoms with Crippen molar-refractivity contribution in [3.63, 3.8) is 0 Å². The van der Waals surface area contributed by atoms with E-state index in [0.717, 1.165) is 0 Å². The van der Waals surface area contributed by atoms with Gasteiger partial charge in [-0.15, -0.1) is 0 Å². The van der Waals surface area contributed by atoms with Crippen LogP contribution in [0.5, 0.6) is 0 Å². The highest BCUT2D eigenvalue weighted by molar-refractivity contribution is 6.30.